The van der Waals surface area contributed by atoms with Crippen molar-refractivity contribution >= 4 is 29.3 Å². The molecule has 1 heterocycles. The average molecular weight is 448 g/mol. The Balaban J connectivity index is 1.62. The van der Waals surface area contributed by atoms with Gasteiger partial charge in [-0.25, -0.2) is 4.98 Å². The molecular weight excluding hydrogens is 426 g/mol. The minimum atomic E-state index is -0.127. The molecular formula is C21H22ClN3O4S. The van der Waals surface area contributed by atoms with E-state index in [0.717, 1.165) is 11.3 Å². The van der Waals surface area contributed by atoms with Gasteiger partial charge >= 0.3 is 0 Å². The van der Waals surface area contributed by atoms with Gasteiger partial charge in [-0.05, 0) is 24.3 Å². The molecule has 0 saturated carbocycles. The first kappa shape index (κ1) is 21.9. The zero-order chi connectivity index (χ0) is 21.5. The highest BCUT2D eigenvalue weighted by atomic mass is 35.5. The Labute approximate surface area is 184 Å². The van der Waals surface area contributed by atoms with E-state index in [1.807, 2.05) is 35.0 Å². The monoisotopic (exact) mass is 447 g/mol. The molecule has 30 heavy (non-hydrogen) atoms. The van der Waals surface area contributed by atoms with E-state index >= 15 is 0 Å². The van der Waals surface area contributed by atoms with Gasteiger partial charge in [0, 0.05) is 41.3 Å². The lowest BCUT2D eigenvalue weighted by molar-refractivity contribution is -0.118. The summed E-state index contributed by atoms with van der Waals surface area (Å²) in [7, 11) is 4.69. The second kappa shape index (κ2) is 10.3. The Kier molecular flexibility index (Phi) is 7.48. The summed E-state index contributed by atoms with van der Waals surface area (Å²) in [6.07, 6.45) is 3.52. The summed E-state index contributed by atoms with van der Waals surface area (Å²) in [6.45, 7) is 0.297. The fourth-order valence-corrected chi connectivity index (χ4v) is 3.81. The molecule has 2 aromatic carbocycles. The van der Waals surface area contributed by atoms with E-state index in [1.54, 1.807) is 39.7 Å². The topological polar surface area (TPSA) is 74.6 Å². The van der Waals surface area contributed by atoms with Crippen LogP contribution in [-0.4, -0.2) is 42.5 Å². The van der Waals surface area contributed by atoms with E-state index in [2.05, 4.69) is 10.3 Å². The van der Waals surface area contributed by atoms with Crippen LogP contribution in [0, 0.1) is 0 Å². The average Bonchev–Trinajstić information content (AvgIpc) is 3.24. The normalized spacial score (nSPS) is 10.5. The maximum absolute atomic E-state index is 12.4. The first-order chi connectivity index (χ1) is 14.5. The van der Waals surface area contributed by atoms with Gasteiger partial charge in [0.15, 0.2) is 16.7 Å². The highest BCUT2D eigenvalue weighted by molar-refractivity contribution is 7.99. The molecule has 0 radical (unpaired) electrons. The van der Waals surface area contributed by atoms with E-state index < -0.39 is 0 Å². The maximum Gasteiger partial charge on any atom is 0.230 e. The molecule has 0 bridgehead atoms. The molecule has 0 fully saturated rings. The number of nitrogens with zero attached hydrogens (tertiary/aromatic N) is 2. The number of ether oxygens (including phenoxy) is 3. The van der Waals surface area contributed by atoms with Gasteiger partial charge in [-0.1, -0.05) is 29.4 Å². The number of amides is 1. The van der Waals surface area contributed by atoms with Crippen LogP contribution >= 0.6 is 23.4 Å². The Bertz CT molecular complexity index is 1030. The number of thioether (sulfide) groups is 1. The largest absolute Gasteiger partial charge is 0.496 e. The summed E-state index contributed by atoms with van der Waals surface area (Å²) < 4.78 is 17.9. The minimum absolute atomic E-state index is 0.127. The zero-order valence-electron chi connectivity index (χ0n) is 16.8. The van der Waals surface area contributed by atoms with E-state index in [4.69, 9.17) is 25.8 Å². The molecule has 0 unspecified atom stereocenters. The quantitative estimate of drug-likeness (QED) is 0.500. The molecule has 7 nitrogen and oxygen atoms in total. The molecule has 0 saturated heterocycles. The van der Waals surface area contributed by atoms with Gasteiger partial charge in [-0.15, -0.1) is 0 Å². The molecule has 9 heteroatoms. The number of hydrogen-bond acceptors (Lipinski definition) is 6. The molecule has 0 aliphatic carbocycles. The number of methoxy groups -OCH3 is 3. The number of hydrogen-bond donors (Lipinski definition) is 1. The van der Waals surface area contributed by atoms with E-state index in [0.29, 0.717) is 34.0 Å². The lowest BCUT2D eigenvalue weighted by atomic mass is 10.1. The summed E-state index contributed by atoms with van der Waals surface area (Å²) in [5.41, 5.74) is 1.67. The van der Waals surface area contributed by atoms with Crippen LogP contribution in [0.5, 0.6) is 17.2 Å². The van der Waals surface area contributed by atoms with Crippen molar-refractivity contribution in [2.75, 3.05) is 27.1 Å². The van der Waals surface area contributed by atoms with Crippen molar-refractivity contribution in [3.05, 3.63) is 59.4 Å². The van der Waals surface area contributed by atoms with Gasteiger partial charge in [0.05, 0.1) is 27.1 Å². The van der Waals surface area contributed by atoms with Gasteiger partial charge in [-0.2, -0.15) is 0 Å². The predicted octanol–water partition coefficient (Wildman–Crippen LogP) is 3.96. The molecule has 1 N–H and O–H groups in total. The third kappa shape index (κ3) is 5.20. The Morgan fingerprint density at radius 1 is 1.10 bits per heavy atom. The highest BCUT2D eigenvalue weighted by Gasteiger charge is 2.14. The van der Waals surface area contributed by atoms with Crippen LogP contribution < -0.4 is 19.5 Å². The van der Waals surface area contributed by atoms with Crippen molar-refractivity contribution in [1.82, 2.24) is 14.9 Å². The fraction of sp³-hybridized carbons (Fsp3) is 0.238. The van der Waals surface area contributed by atoms with E-state index in [-0.39, 0.29) is 11.7 Å². The first-order valence-corrected chi connectivity index (χ1v) is 10.4. The molecule has 0 aliphatic heterocycles. The van der Waals surface area contributed by atoms with Crippen LogP contribution in [0.2, 0.25) is 5.02 Å². The number of carbonyl (C=O) groups excluding carboxylic acids is 1. The van der Waals surface area contributed by atoms with E-state index in [9.17, 15) is 4.79 Å². The molecule has 158 valence electrons. The molecule has 1 aromatic heterocycles. The van der Waals surface area contributed by atoms with Crippen molar-refractivity contribution in [3.8, 4) is 22.9 Å². The van der Waals surface area contributed by atoms with Gasteiger partial charge in [0.2, 0.25) is 5.91 Å². The predicted molar refractivity (Wildman–Crippen MR) is 117 cm³/mol. The molecule has 0 atom stereocenters. The van der Waals surface area contributed by atoms with Crippen LogP contribution in [0.25, 0.3) is 5.69 Å². The first-order valence-electron chi connectivity index (χ1n) is 9.03. The minimum Gasteiger partial charge on any atom is -0.496 e. The zero-order valence-corrected chi connectivity index (χ0v) is 18.4. The summed E-state index contributed by atoms with van der Waals surface area (Å²) in [6, 6.07) is 11.0. The second-order valence-corrected chi connectivity index (χ2v) is 7.52. The van der Waals surface area contributed by atoms with Crippen LogP contribution in [0.4, 0.5) is 0 Å². The van der Waals surface area contributed by atoms with Gasteiger partial charge in [-0.3, -0.25) is 9.36 Å². The standard InChI is InChI=1S/C21H22ClN3O4S/c1-27-17-11-19(29-3)18(28-2)9-14(17)12-24-20(26)13-30-21-23-7-8-25(21)16-6-4-5-15(22)10-16/h4-11H,12-13H2,1-3H3,(H,24,26). The maximum atomic E-state index is 12.4. The molecule has 3 aromatic rings. The Morgan fingerprint density at radius 2 is 1.83 bits per heavy atom. The number of imidazole rings is 1. The van der Waals surface area contributed by atoms with Gasteiger partial charge < -0.3 is 19.5 Å². The number of carbonyl (C=O) groups is 1. The summed E-state index contributed by atoms with van der Waals surface area (Å²) in [4.78, 5) is 16.7. The van der Waals surface area contributed by atoms with Crippen LogP contribution in [0.1, 0.15) is 5.56 Å². The van der Waals surface area contributed by atoms with Crippen LogP contribution in [-0.2, 0) is 11.3 Å². The number of benzene rings is 2. The summed E-state index contributed by atoms with van der Waals surface area (Å²) in [5.74, 6) is 1.83. The lowest BCUT2D eigenvalue weighted by Gasteiger charge is -2.14. The Hall–Kier alpha value is -2.84. The Morgan fingerprint density at radius 3 is 2.53 bits per heavy atom. The molecule has 0 spiro atoms. The number of nitrogens with one attached hydrogen (secondary N) is 1. The second-order valence-electron chi connectivity index (χ2n) is 6.14. The van der Waals surface area contributed by atoms with Crippen molar-refractivity contribution in [3.63, 3.8) is 0 Å². The van der Waals surface area contributed by atoms with Gasteiger partial charge in [0.1, 0.15) is 5.75 Å². The van der Waals surface area contributed by atoms with Crippen molar-refractivity contribution < 1.29 is 19.0 Å². The SMILES string of the molecule is COc1cc(OC)c(OC)cc1CNC(=O)CSc1nccn1-c1cccc(Cl)c1. The van der Waals surface area contributed by atoms with Crippen molar-refractivity contribution in [1.29, 1.82) is 0 Å². The summed E-state index contributed by atoms with van der Waals surface area (Å²) >= 11 is 7.42. The number of halogens is 1. The van der Waals surface area contributed by atoms with Crippen molar-refractivity contribution in [2.45, 2.75) is 11.7 Å². The number of aromatic nitrogens is 2. The lowest BCUT2D eigenvalue weighted by Crippen LogP contribution is -2.25. The molecule has 3 rings (SSSR count). The highest BCUT2D eigenvalue weighted by Crippen LogP contribution is 2.34. The third-order valence-corrected chi connectivity index (χ3v) is 5.49. The molecule has 1 amide bonds. The molecule has 0 aliphatic rings. The smallest absolute Gasteiger partial charge is 0.230 e. The van der Waals surface area contributed by atoms with Crippen LogP contribution in [0.15, 0.2) is 53.9 Å². The number of rotatable bonds is 9. The van der Waals surface area contributed by atoms with Crippen LogP contribution in [0.3, 0.4) is 0 Å². The van der Waals surface area contributed by atoms with Crippen molar-refractivity contribution in [2.24, 2.45) is 0 Å². The third-order valence-electron chi connectivity index (χ3n) is 4.29. The summed E-state index contributed by atoms with van der Waals surface area (Å²) in [5, 5.41) is 4.24. The van der Waals surface area contributed by atoms with E-state index in [1.165, 1.54) is 11.8 Å². The van der Waals surface area contributed by atoms with Gasteiger partial charge in [0.25, 0.3) is 0 Å². The fourth-order valence-electron chi connectivity index (χ4n) is 2.82.